The number of ether oxygens (including phenoxy) is 2. The van der Waals surface area contributed by atoms with Gasteiger partial charge in [-0.3, -0.25) is 14.4 Å². The molecule has 5 heterocycles. The highest BCUT2D eigenvalue weighted by Gasteiger charge is 2.48. The molecule has 3 unspecified atom stereocenters. The molecule has 49 heavy (non-hydrogen) atoms. The third-order valence-electron chi connectivity index (χ3n) is 10.5. The zero-order valence-electron chi connectivity index (χ0n) is 29.7. The predicted molar refractivity (Wildman–Crippen MR) is 193 cm³/mol. The van der Waals surface area contributed by atoms with E-state index in [1.807, 2.05) is 32.9 Å². The average Bonchev–Trinajstić information content (AvgIpc) is 3.80. The summed E-state index contributed by atoms with van der Waals surface area (Å²) in [4.78, 5) is 51.3. The van der Waals surface area contributed by atoms with Crippen LogP contribution in [0.15, 0.2) is 29.6 Å². The molecule has 3 aromatic rings. The van der Waals surface area contributed by atoms with Gasteiger partial charge in [-0.15, -0.1) is 0 Å². The maximum atomic E-state index is 14.2. The number of Topliss-reactive ketones (excluding diaryl/α,β-unsaturated/α-hetero) is 1. The highest BCUT2D eigenvalue weighted by Crippen LogP contribution is 2.48. The summed E-state index contributed by atoms with van der Waals surface area (Å²) < 4.78 is 10.7. The van der Waals surface area contributed by atoms with Gasteiger partial charge in [-0.25, -0.2) is 0 Å². The van der Waals surface area contributed by atoms with Gasteiger partial charge in [-0.1, -0.05) is 32.1 Å². The first kappa shape index (κ1) is 33.8. The lowest BCUT2D eigenvalue weighted by Crippen LogP contribution is -2.25. The zero-order valence-corrected chi connectivity index (χ0v) is 29.7. The number of aromatic nitrogens is 3. The molecule has 4 N–H and O–H groups in total. The molecular weight excluding hydrogens is 616 g/mol. The summed E-state index contributed by atoms with van der Waals surface area (Å²) in [5, 5.41) is 5.60. The number of hydrogen-bond acceptors (Lipinski definition) is 6. The van der Waals surface area contributed by atoms with Crippen LogP contribution in [0.3, 0.4) is 0 Å². The van der Waals surface area contributed by atoms with Gasteiger partial charge in [0.25, 0.3) is 0 Å². The van der Waals surface area contributed by atoms with Crippen molar-refractivity contribution >= 4 is 47.6 Å². The lowest BCUT2D eigenvalue weighted by Gasteiger charge is -2.19. The Balaban J connectivity index is 1.62. The molecule has 256 valence electrons. The van der Waals surface area contributed by atoms with E-state index in [9.17, 15) is 14.4 Å². The Kier molecular flexibility index (Phi) is 9.05. The highest BCUT2D eigenvalue weighted by atomic mass is 16.5. The SMILES string of the molecule is C=Cc1c2[nH]c(c1C)C=C1NC(=C3c4[nH]c(c(C)c4C(=O)C3C(=O)OC)C=c3[nH]c(c(C)c3CC)=C2)C(CCC(=O)OCC=C(C)C)C1C. The average molecular weight is 663 g/mol. The van der Waals surface area contributed by atoms with Crippen molar-refractivity contribution in [2.45, 2.75) is 67.7 Å². The van der Waals surface area contributed by atoms with Crippen LogP contribution in [-0.4, -0.2) is 46.4 Å². The summed E-state index contributed by atoms with van der Waals surface area (Å²) in [5.41, 5.74) is 12.2. The van der Waals surface area contributed by atoms with Gasteiger partial charge in [0.15, 0.2) is 5.78 Å². The fourth-order valence-electron chi connectivity index (χ4n) is 7.65. The van der Waals surface area contributed by atoms with Gasteiger partial charge in [0, 0.05) is 74.1 Å². The monoisotopic (exact) mass is 662 g/mol. The molecule has 0 spiro atoms. The molecule has 0 radical (unpaired) electrons. The molecule has 3 aromatic heterocycles. The second kappa shape index (κ2) is 13.1. The number of fused-ring (bicyclic) bond motifs is 7. The Bertz CT molecular complexity index is 2130. The molecule has 2 aliphatic heterocycles. The van der Waals surface area contributed by atoms with Crippen molar-refractivity contribution in [2.24, 2.45) is 17.8 Å². The number of hydrogen-bond donors (Lipinski definition) is 4. The number of methoxy groups -OCH3 is 1. The summed E-state index contributed by atoms with van der Waals surface area (Å²) in [6.07, 6.45) is 11.5. The number of nitrogens with one attached hydrogen (secondary N) is 4. The van der Waals surface area contributed by atoms with Gasteiger partial charge in [-0.2, -0.15) is 0 Å². The van der Waals surface area contributed by atoms with Gasteiger partial charge < -0.3 is 29.7 Å². The fraction of sp³-hybridized carbons (Fsp3) is 0.375. The van der Waals surface area contributed by atoms with Crippen LogP contribution in [0, 0.1) is 38.5 Å². The second-order valence-corrected chi connectivity index (χ2v) is 13.6. The number of H-pyrrole nitrogens is 3. The molecule has 0 amide bonds. The number of ketones is 1. The molecular formula is C40H46N4O5. The minimum Gasteiger partial charge on any atom is -0.468 e. The number of carbonyl (C=O) groups is 3. The van der Waals surface area contributed by atoms with Crippen molar-refractivity contribution in [1.29, 1.82) is 0 Å². The molecule has 6 rings (SSSR count). The van der Waals surface area contributed by atoms with E-state index in [-0.39, 0.29) is 36.6 Å². The smallest absolute Gasteiger partial charge is 0.321 e. The van der Waals surface area contributed by atoms with Gasteiger partial charge in [0.1, 0.15) is 12.5 Å². The van der Waals surface area contributed by atoms with Crippen LogP contribution in [-0.2, 0) is 25.5 Å². The van der Waals surface area contributed by atoms with E-state index in [1.54, 1.807) is 0 Å². The van der Waals surface area contributed by atoms with Gasteiger partial charge in [0.05, 0.1) is 12.8 Å². The van der Waals surface area contributed by atoms with E-state index in [1.165, 1.54) is 12.7 Å². The maximum absolute atomic E-state index is 14.2. The van der Waals surface area contributed by atoms with Gasteiger partial charge >= 0.3 is 11.9 Å². The third kappa shape index (κ3) is 5.75. The first-order valence-corrected chi connectivity index (χ1v) is 17.0. The van der Waals surface area contributed by atoms with Crippen molar-refractivity contribution < 1.29 is 23.9 Å². The van der Waals surface area contributed by atoms with Crippen molar-refractivity contribution in [3.63, 3.8) is 0 Å². The number of allylic oxidation sites excluding steroid dienone is 3. The summed E-state index contributed by atoms with van der Waals surface area (Å²) in [6.45, 7) is 18.6. The lowest BCUT2D eigenvalue weighted by molar-refractivity contribution is -0.143. The van der Waals surface area contributed by atoms with Crippen LogP contribution in [0.2, 0.25) is 0 Å². The minimum atomic E-state index is -1.13. The van der Waals surface area contributed by atoms with Crippen molar-refractivity contribution in [3.8, 4) is 0 Å². The summed E-state index contributed by atoms with van der Waals surface area (Å²) in [6, 6.07) is 0. The van der Waals surface area contributed by atoms with Crippen LogP contribution in [0.5, 0.6) is 0 Å². The van der Waals surface area contributed by atoms with Crippen LogP contribution >= 0.6 is 0 Å². The minimum absolute atomic E-state index is 0.0782. The molecule has 0 aromatic carbocycles. The first-order valence-electron chi connectivity index (χ1n) is 17.0. The quantitative estimate of drug-likeness (QED) is 0.140. The van der Waals surface area contributed by atoms with E-state index < -0.39 is 11.9 Å². The summed E-state index contributed by atoms with van der Waals surface area (Å²) in [7, 11) is 1.31. The summed E-state index contributed by atoms with van der Waals surface area (Å²) in [5.74, 6) is -2.63. The van der Waals surface area contributed by atoms with E-state index in [4.69, 9.17) is 9.47 Å². The Morgan fingerprint density at radius 2 is 1.67 bits per heavy atom. The zero-order chi connectivity index (χ0) is 35.3. The highest BCUT2D eigenvalue weighted by molar-refractivity contribution is 6.24. The fourth-order valence-corrected chi connectivity index (χ4v) is 7.65. The Labute approximate surface area is 286 Å². The topological polar surface area (TPSA) is 129 Å². The van der Waals surface area contributed by atoms with E-state index >= 15 is 0 Å². The first-order chi connectivity index (χ1) is 23.4. The Hall–Kier alpha value is -5.05. The number of carbonyl (C=O) groups excluding carboxylic acids is 3. The molecule has 1 fully saturated rings. The Morgan fingerprint density at radius 1 is 0.959 bits per heavy atom. The molecule has 0 saturated carbocycles. The predicted octanol–water partition coefficient (Wildman–Crippen LogP) is 5.66. The maximum Gasteiger partial charge on any atom is 0.321 e. The molecule has 1 aliphatic carbocycles. The van der Waals surface area contributed by atoms with Crippen molar-refractivity contribution in [3.05, 3.63) is 96.5 Å². The number of esters is 2. The molecule has 3 aliphatic rings. The largest absolute Gasteiger partial charge is 0.468 e. The molecule has 8 bridgehead atoms. The van der Waals surface area contributed by atoms with Gasteiger partial charge in [-0.05, 0) is 94.0 Å². The molecule has 3 atom stereocenters. The number of rotatable bonds is 8. The lowest BCUT2D eigenvalue weighted by atomic mass is 9.85. The van der Waals surface area contributed by atoms with Gasteiger partial charge in [0.2, 0.25) is 0 Å². The molecule has 1 saturated heterocycles. The molecule has 9 heteroatoms. The van der Waals surface area contributed by atoms with Crippen molar-refractivity contribution in [2.75, 3.05) is 13.7 Å². The second-order valence-electron chi connectivity index (χ2n) is 13.6. The van der Waals surface area contributed by atoms with E-state index in [0.29, 0.717) is 23.3 Å². The third-order valence-corrected chi connectivity index (χ3v) is 10.5. The molecule has 9 nitrogen and oxygen atoms in total. The van der Waals surface area contributed by atoms with Crippen molar-refractivity contribution in [1.82, 2.24) is 20.3 Å². The standard InChI is InChI=1S/C40H46N4O5/c1-10-24-20(5)27-16-29-22(7)26(12-13-33(45)49-15-14-19(3)4)37(43-29)35-36(40(47)48-9)39(46)34-23(8)30(44-38(34)35)18-32-25(11-2)21(6)28(42-32)17-31(24)41-27/h10,14,16-18,22,26,36,41-44H,1,11-13,15H2,2-9H3. The van der Waals surface area contributed by atoms with Crippen LogP contribution in [0.25, 0.3) is 29.9 Å². The summed E-state index contributed by atoms with van der Waals surface area (Å²) >= 11 is 0. The van der Waals surface area contributed by atoms with Crippen LogP contribution in [0.4, 0.5) is 0 Å². The Morgan fingerprint density at radius 3 is 2.35 bits per heavy atom. The van der Waals surface area contributed by atoms with Crippen LogP contribution in [0.1, 0.15) is 101 Å². The van der Waals surface area contributed by atoms with E-state index in [0.717, 1.165) is 73.4 Å². The normalized spacial score (nSPS) is 19.1. The van der Waals surface area contributed by atoms with Crippen LogP contribution < -0.4 is 16.0 Å². The number of aromatic amines is 3. The van der Waals surface area contributed by atoms with E-state index in [2.05, 4.69) is 72.8 Å².